The monoisotopic (exact) mass is 880 g/mol. The topological polar surface area (TPSA) is 23.0 Å². The molecule has 0 N–H and O–H groups in total. The number of aryl methyl sites for hydroxylation is 1. The summed E-state index contributed by atoms with van der Waals surface area (Å²) in [5.74, 6) is 0. The number of hydrogen-bond acceptors (Lipinski definition) is 2. The summed E-state index contributed by atoms with van der Waals surface area (Å²) in [6.07, 6.45) is 5.43. The van der Waals surface area contributed by atoms with E-state index in [1.54, 1.807) is 0 Å². The minimum atomic E-state index is 0.914. The van der Waals surface area contributed by atoms with Gasteiger partial charge in [-0.25, -0.2) is 0 Å². The molecule has 0 aliphatic carbocycles. The van der Waals surface area contributed by atoms with Gasteiger partial charge in [0.05, 0.1) is 22.1 Å². The molecule has 0 amide bonds. The molecular formula is C63H48N2OS. The van der Waals surface area contributed by atoms with Gasteiger partial charge in [-0.15, -0.1) is 11.3 Å². The molecule has 4 heterocycles. The van der Waals surface area contributed by atoms with E-state index in [2.05, 4.69) is 217 Å². The van der Waals surface area contributed by atoms with Gasteiger partial charge in [0.2, 0.25) is 0 Å². The van der Waals surface area contributed by atoms with Crippen molar-refractivity contribution in [1.29, 1.82) is 0 Å². The highest BCUT2D eigenvalue weighted by Crippen LogP contribution is 2.42. The molecule has 0 aliphatic rings. The van der Waals surface area contributed by atoms with Crippen LogP contribution in [0, 0.1) is 0 Å². The normalized spacial score (nSPS) is 11.9. The predicted octanol–water partition coefficient (Wildman–Crippen LogP) is 18.6. The van der Waals surface area contributed by atoms with Crippen LogP contribution in [-0.4, -0.2) is 9.13 Å². The van der Waals surface area contributed by atoms with Crippen LogP contribution in [0.3, 0.4) is 0 Å². The molecule has 0 spiro atoms. The molecule has 13 rings (SSSR count). The number of rotatable bonds is 7. The largest absolute Gasteiger partial charge is 0.455 e. The van der Waals surface area contributed by atoms with Gasteiger partial charge in [0.25, 0.3) is 0 Å². The summed E-state index contributed by atoms with van der Waals surface area (Å²) in [5, 5.41) is 8.62. The van der Waals surface area contributed by atoms with Crippen molar-refractivity contribution < 1.29 is 4.42 Å². The second kappa shape index (κ2) is 16.5. The van der Waals surface area contributed by atoms with Gasteiger partial charge in [0, 0.05) is 58.8 Å². The quantitative estimate of drug-likeness (QED) is 0.156. The van der Waals surface area contributed by atoms with Crippen molar-refractivity contribution in [2.45, 2.75) is 34.1 Å². The maximum Gasteiger partial charge on any atom is 0.143 e. The molecule has 0 aliphatic heterocycles. The zero-order chi connectivity index (χ0) is 45.2. The van der Waals surface area contributed by atoms with E-state index in [4.69, 9.17) is 4.42 Å². The molecule has 13 aromatic rings. The molecule has 322 valence electrons. The van der Waals surface area contributed by atoms with Gasteiger partial charge in [-0.2, -0.15) is 0 Å². The van der Waals surface area contributed by atoms with Crippen molar-refractivity contribution in [3.05, 3.63) is 211 Å². The molecule has 0 saturated carbocycles. The first kappa shape index (κ1) is 40.6. The second-order valence-corrected chi connectivity index (χ2v) is 18.1. The van der Waals surface area contributed by atoms with Crippen LogP contribution in [0.15, 0.2) is 205 Å². The number of hydrogen-bond donors (Lipinski definition) is 0. The molecule has 0 radical (unpaired) electrons. The Labute approximate surface area is 394 Å². The van der Waals surface area contributed by atoms with Gasteiger partial charge in [0.1, 0.15) is 11.2 Å². The molecule has 0 bridgehead atoms. The maximum absolute atomic E-state index is 6.40. The first-order chi connectivity index (χ1) is 33.1. The van der Waals surface area contributed by atoms with Gasteiger partial charge in [-0.1, -0.05) is 154 Å². The predicted molar refractivity (Wildman–Crippen MR) is 290 cm³/mol. The van der Waals surface area contributed by atoms with Gasteiger partial charge in [-0.05, 0) is 125 Å². The number of para-hydroxylation sites is 4. The smallest absolute Gasteiger partial charge is 0.143 e. The van der Waals surface area contributed by atoms with Gasteiger partial charge in [0.15, 0.2) is 0 Å². The van der Waals surface area contributed by atoms with E-state index in [0.29, 0.717) is 0 Å². The van der Waals surface area contributed by atoms with Gasteiger partial charge < -0.3 is 13.6 Å². The standard InChI is InChI=1S/C61H42N2OS.C2H6/c1-3-13-59-44(4-2)51-20-12-18-46(61(51)65-59)39-26-32-43(33-27-39)63-55-22-9-6-15-48(55)53-37-41(29-35-57(53)63)40-28-34-56-52(36-40)47-14-5-8-21-54(47)62(56)42-30-24-38(25-31-42)45-17-11-19-50-49-16-7-10-23-58(49)64-60(45)50;1-2/h3,5-37H,4H2,1-2H3;1-2H3/b13-3-;. The van der Waals surface area contributed by atoms with E-state index < -0.39 is 0 Å². The van der Waals surface area contributed by atoms with Gasteiger partial charge in [-0.3, -0.25) is 0 Å². The van der Waals surface area contributed by atoms with Crippen molar-refractivity contribution >= 4 is 93.0 Å². The number of thiophene rings is 1. The van der Waals surface area contributed by atoms with E-state index in [9.17, 15) is 0 Å². The molecule has 4 aromatic heterocycles. The Kier molecular flexibility index (Phi) is 10.00. The second-order valence-electron chi connectivity index (χ2n) is 17.0. The molecule has 0 unspecified atom stereocenters. The van der Waals surface area contributed by atoms with Crippen molar-refractivity contribution in [2.75, 3.05) is 0 Å². The summed E-state index contributed by atoms with van der Waals surface area (Å²) < 4.78 is 12.6. The van der Waals surface area contributed by atoms with Crippen LogP contribution in [0.1, 0.15) is 38.1 Å². The van der Waals surface area contributed by atoms with E-state index in [1.165, 1.54) is 86.4 Å². The number of benzene rings is 9. The molecule has 67 heavy (non-hydrogen) atoms. The Morgan fingerprint density at radius 2 is 0.925 bits per heavy atom. The number of allylic oxidation sites excluding steroid dienone is 1. The highest BCUT2D eigenvalue weighted by atomic mass is 32.1. The molecule has 3 nitrogen and oxygen atoms in total. The summed E-state index contributed by atoms with van der Waals surface area (Å²) in [7, 11) is 0. The van der Waals surface area contributed by atoms with Gasteiger partial charge >= 0.3 is 0 Å². The van der Waals surface area contributed by atoms with Crippen LogP contribution in [0.25, 0.3) is 126 Å². The fourth-order valence-electron chi connectivity index (χ4n) is 10.5. The van der Waals surface area contributed by atoms with Crippen molar-refractivity contribution in [2.24, 2.45) is 0 Å². The lowest BCUT2D eigenvalue weighted by Crippen LogP contribution is -1.94. The van der Waals surface area contributed by atoms with Crippen LogP contribution in [0.5, 0.6) is 0 Å². The van der Waals surface area contributed by atoms with E-state index in [1.807, 2.05) is 37.3 Å². The summed E-state index contributed by atoms with van der Waals surface area (Å²) in [6, 6.07) is 71.1. The fraction of sp³-hybridized carbons (Fsp3) is 0.0794. The Balaban J connectivity index is 0.00000231. The third-order valence-electron chi connectivity index (χ3n) is 13.5. The zero-order valence-corrected chi connectivity index (χ0v) is 38.9. The fourth-order valence-corrected chi connectivity index (χ4v) is 11.9. The zero-order valence-electron chi connectivity index (χ0n) is 38.0. The number of nitrogens with zero attached hydrogens (tertiary/aromatic N) is 2. The van der Waals surface area contributed by atoms with E-state index in [-0.39, 0.29) is 0 Å². The first-order valence-electron chi connectivity index (χ1n) is 23.5. The Hall–Kier alpha value is -7.92. The van der Waals surface area contributed by atoms with Crippen molar-refractivity contribution in [1.82, 2.24) is 9.13 Å². The maximum atomic E-state index is 6.40. The summed E-state index contributed by atoms with van der Waals surface area (Å²) in [4.78, 5) is 1.36. The Morgan fingerprint density at radius 3 is 1.51 bits per heavy atom. The molecular weight excluding hydrogens is 833 g/mol. The Bertz CT molecular complexity index is 4040. The highest BCUT2D eigenvalue weighted by Gasteiger charge is 2.19. The third kappa shape index (κ3) is 6.47. The van der Waals surface area contributed by atoms with Crippen LogP contribution in [0.2, 0.25) is 0 Å². The minimum Gasteiger partial charge on any atom is -0.455 e. The highest BCUT2D eigenvalue weighted by molar-refractivity contribution is 7.20. The molecule has 0 fully saturated rings. The van der Waals surface area contributed by atoms with Crippen molar-refractivity contribution in [3.63, 3.8) is 0 Å². The van der Waals surface area contributed by atoms with Crippen LogP contribution in [0.4, 0.5) is 0 Å². The molecule has 0 atom stereocenters. The van der Waals surface area contributed by atoms with E-state index in [0.717, 1.165) is 50.9 Å². The first-order valence-corrected chi connectivity index (χ1v) is 24.3. The average Bonchev–Trinajstić information content (AvgIpc) is 4.14. The SMILES string of the molecule is C/C=C\c1sc2c(-c3ccc(-n4c5ccccc5c5cc(-c6ccc7c(c6)c6ccccc6n7-c6ccc(-c7cccc8c7oc7ccccc78)cc6)ccc54)cc3)cccc2c1CC.CC. The summed E-state index contributed by atoms with van der Waals surface area (Å²) in [6.45, 7) is 8.36. The molecule has 9 aromatic carbocycles. The number of fused-ring (bicyclic) bond motifs is 10. The van der Waals surface area contributed by atoms with Crippen molar-refractivity contribution in [3.8, 4) is 44.8 Å². The number of aromatic nitrogens is 2. The number of furan rings is 1. The Morgan fingerprint density at radius 1 is 0.448 bits per heavy atom. The minimum absolute atomic E-state index is 0.914. The average molecular weight is 881 g/mol. The lowest BCUT2D eigenvalue weighted by atomic mass is 10.0. The van der Waals surface area contributed by atoms with Crippen LogP contribution in [-0.2, 0) is 6.42 Å². The lowest BCUT2D eigenvalue weighted by molar-refractivity contribution is 0.670. The van der Waals surface area contributed by atoms with E-state index >= 15 is 0 Å². The van der Waals surface area contributed by atoms with Crippen LogP contribution >= 0.6 is 11.3 Å². The molecule has 0 saturated heterocycles. The van der Waals surface area contributed by atoms with Crippen LogP contribution < -0.4 is 0 Å². The molecule has 4 heteroatoms. The lowest BCUT2D eigenvalue weighted by Gasteiger charge is -2.11. The summed E-state index contributed by atoms with van der Waals surface area (Å²) in [5.41, 5.74) is 17.5. The summed E-state index contributed by atoms with van der Waals surface area (Å²) >= 11 is 1.90. The third-order valence-corrected chi connectivity index (χ3v) is 14.7.